The molecule has 0 saturated carbocycles. The maximum Gasteiger partial charge on any atom is 0.409 e. The van der Waals surface area contributed by atoms with Crippen molar-refractivity contribution in [3.63, 3.8) is 0 Å². The van der Waals surface area contributed by atoms with Gasteiger partial charge in [-0.25, -0.2) is 4.79 Å². The molecule has 4 rings (SSSR count). The van der Waals surface area contributed by atoms with E-state index in [0.717, 1.165) is 45.0 Å². The van der Waals surface area contributed by atoms with Crippen molar-refractivity contribution in [2.45, 2.75) is 6.42 Å². The normalized spacial score (nSPS) is 13.4. The van der Waals surface area contributed by atoms with Crippen LogP contribution in [-0.4, -0.2) is 40.6 Å². The summed E-state index contributed by atoms with van der Waals surface area (Å²) in [5, 5.41) is 11.2. The molecule has 1 aromatic carbocycles. The number of nitrogens with one attached hydrogen (secondary N) is 1. The Morgan fingerprint density at radius 1 is 1.15 bits per heavy atom. The average Bonchev–Trinajstić information content (AvgIpc) is 3.14. The van der Waals surface area contributed by atoms with Crippen LogP contribution >= 0.6 is 11.3 Å². The standard InChI is InChI=1S/C20H17N3O3S/c1-23-7-6-12-2-3-13(9-16(12)19(23)24)17-4-5-18(27-17)14-8-15(11-21-10-14)22-20(25)26/h2-5,8-11,22H,6-7H2,1H3,(H,25,26). The number of carbonyl (C=O) groups excluding carboxylic acids is 1. The first kappa shape index (κ1) is 17.2. The molecule has 6 nitrogen and oxygen atoms in total. The fourth-order valence-corrected chi connectivity index (χ4v) is 4.14. The first-order valence-electron chi connectivity index (χ1n) is 8.45. The van der Waals surface area contributed by atoms with Gasteiger partial charge < -0.3 is 10.0 Å². The molecule has 0 atom stereocenters. The van der Waals surface area contributed by atoms with Crippen molar-refractivity contribution in [3.05, 3.63) is 59.9 Å². The summed E-state index contributed by atoms with van der Waals surface area (Å²) in [7, 11) is 1.83. The van der Waals surface area contributed by atoms with E-state index >= 15 is 0 Å². The molecule has 3 heterocycles. The quantitative estimate of drug-likeness (QED) is 0.715. The van der Waals surface area contributed by atoms with Gasteiger partial charge in [-0.05, 0) is 41.8 Å². The Balaban J connectivity index is 1.66. The van der Waals surface area contributed by atoms with Crippen LogP contribution in [0.2, 0.25) is 0 Å². The fraction of sp³-hybridized carbons (Fsp3) is 0.150. The summed E-state index contributed by atoms with van der Waals surface area (Å²) in [5.41, 5.74) is 4.13. The van der Waals surface area contributed by atoms with E-state index in [2.05, 4.69) is 10.3 Å². The molecule has 0 saturated heterocycles. The van der Waals surface area contributed by atoms with Crippen LogP contribution in [0.5, 0.6) is 0 Å². The SMILES string of the molecule is CN1CCc2ccc(-c3ccc(-c4cncc(NC(=O)O)c4)s3)cc2C1=O. The molecule has 2 N–H and O–H groups in total. The van der Waals surface area contributed by atoms with Gasteiger partial charge in [0.15, 0.2) is 0 Å². The third-order valence-electron chi connectivity index (χ3n) is 4.57. The largest absolute Gasteiger partial charge is 0.465 e. The molecule has 0 bridgehead atoms. The van der Waals surface area contributed by atoms with E-state index in [1.54, 1.807) is 28.5 Å². The molecule has 27 heavy (non-hydrogen) atoms. The lowest BCUT2D eigenvalue weighted by Crippen LogP contribution is -2.34. The predicted octanol–water partition coefficient (Wildman–Crippen LogP) is 4.20. The van der Waals surface area contributed by atoms with E-state index in [-0.39, 0.29) is 5.91 Å². The van der Waals surface area contributed by atoms with Crippen LogP contribution in [0.1, 0.15) is 15.9 Å². The number of rotatable bonds is 3. The minimum Gasteiger partial charge on any atom is -0.465 e. The van der Waals surface area contributed by atoms with Crippen LogP contribution in [0, 0.1) is 0 Å². The molecule has 136 valence electrons. The predicted molar refractivity (Wildman–Crippen MR) is 105 cm³/mol. The zero-order valence-electron chi connectivity index (χ0n) is 14.6. The Morgan fingerprint density at radius 2 is 1.93 bits per heavy atom. The number of hydrogen-bond acceptors (Lipinski definition) is 4. The van der Waals surface area contributed by atoms with Crippen molar-refractivity contribution < 1.29 is 14.7 Å². The third-order valence-corrected chi connectivity index (χ3v) is 5.75. The lowest BCUT2D eigenvalue weighted by atomic mass is 9.96. The van der Waals surface area contributed by atoms with Crippen LogP contribution < -0.4 is 5.32 Å². The first-order chi connectivity index (χ1) is 13.0. The second kappa shape index (κ2) is 6.85. The zero-order valence-corrected chi connectivity index (χ0v) is 15.4. The number of anilines is 1. The number of amides is 2. The summed E-state index contributed by atoms with van der Waals surface area (Å²) >= 11 is 1.58. The molecule has 2 aromatic heterocycles. The molecule has 1 aliphatic heterocycles. The van der Waals surface area contributed by atoms with E-state index in [1.807, 2.05) is 37.4 Å². The highest BCUT2D eigenvalue weighted by atomic mass is 32.1. The number of pyridine rings is 1. The van der Waals surface area contributed by atoms with Crippen molar-refractivity contribution in [2.75, 3.05) is 18.9 Å². The maximum absolute atomic E-state index is 12.4. The Kier molecular flexibility index (Phi) is 4.37. The Labute approximate surface area is 160 Å². The minimum absolute atomic E-state index is 0.0616. The highest BCUT2D eigenvalue weighted by molar-refractivity contribution is 7.18. The van der Waals surface area contributed by atoms with Gasteiger partial charge in [-0.2, -0.15) is 0 Å². The van der Waals surface area contributed by atoms with Crippen LogP contribution in [0.3, 0.4) is 0 Å². The van der Waals surface area contributed by atoms with Crippen LogP contribution in [0.4, 0.5) is 10.5 Å². The first-order valence-corrected chi connectivity index (χ1v) is 9.27. The van der Waals surface area contributed by atoms with Gasteiger partial charge in [-0.1, -0.05) is 12.1 Å². The smallest absolute Gasteiger partial charge is 0.409 e. The van der Waals surface area contributed by atoms with Crippen molar-refractivity contribution in [1.29, 1.82) is 0 Å². The summed E-state index contributed by atoms with van der Waals surface area (Å²) in [4.78, 5) is 31.1. The molecule has 7 heteroatoms. The number of fused-ring (bicyclic) bond motifs is 1. The molecule has 0 unspecified atom stereocenters. The number of nitrogens with zero attached hydrogens (tertiary/aromatic N) is 2. The summed E-state index contributed by atoms with van der Waals surface area (Å²) in [6, 6.07) is 11.8. The van der Waals surface area contributed by atoms with Crippen LogP contribution in [0.15, 0.2) is 48.8 Å². The van der Waals surface area contributed by atoms with E-state index in [1.165, 1.54) is 6.20 Å². The van der Waals surface area contributed by atoms with Gasteiger partial charge in [0.1, 0.15) is 0 Å². The highest BCUT2D eigenvalue weighted by Crippen LogP contribution is 2.36. The zero-order chi connectivity index (χ0) is 19.0. The number of likely N-dealkylation sites (N-methyl/N-ethyl adjacent to an activating group) is 1. The summed E-state index contributed by atoms with van der Waals surface area (Å²) in [6.45, 7) is 0.752. The maximum atomic E-state index is 12.4. The molecular weight excluding hydrogens is 362 g/mol. The number of carbonyl (C=O) groups is 2. The molecule has 0 aliphatic carbocycles. The molecule has 0 spiro atoms. The van der Waals surface area contributed by atoms with E-state index in [4.69, 9.17) is 5.11 Å². The van der Waals surface area contributed by atoms with E-state index < -0.39 is 6.09 Å². The second-order valence-corrected chi connectivity index (χ2v) is 7.49. The fourth-order valence-electron chi connectivity index (χ4n) is 3.16. The van der Waals surface area contributed by atoms with Gasteiger partial charge in [0.05, 0.1) is 11.9 Å². The van der Waals surface area contributed by atoms with Gasteiger partial charge in [0.25, 0.3) is 5.91 Å². The van der Waals surface area contributed by atoms with Crippen molar-refractivity contribution in [1.82, 2.24) is 9.88 Å². The number of benzene rings is 1. The molecule has 1 aliphatic rings. The lowest BCUT2D eigenvalue weighted by molar-refractivity contribution is 0.0781. The van der Waals surface area contributed by atoms with Crippen LogP contribution in [0.25, 0.3) is 20.9 Å². The van der Waals surface area contributed by atoms with E-state index in [9.17, 15) is 9.59 Å². The van der Waals surface area contributed by atoms with Crippen molar-refractivity contribution in [2.24, 2.45) is 0 Å². The molecule has 0 radical (unpaired) electrons. The molecule has 0 fully saturated rings. The number of thiophene rings is 1. The number of hydrogen-bond donors (Lipinski definition) is 2. The lowest BCUT2D eigenvalue weighted by Gasteiger charge is -2.25. The summed E-state index contributed by atoms with van der Waals surface area (Å²) in [6.07, 6.45) is 2.93. The Morgan fingerprint density at radius 3 is 2.70 bits per heavy atom. The van der Waals surface area contributed by atoms with Gasteiger partial charge in [0.2, 0.25) is 0 Å². The topological polar surface area (TPSA) is 82.5 Å². The Bertz CT molecular complexity index is 1040. The number of aromatic nitrogens is 1. The van der Waals surface area contributed by atoms with Crippen molar-refractivity contribution >= 4 is 29.0 Å². The molecule has 3 aromatic rings. The molecule has 2 amide bonds. The monoisotopic (exact) mass is 379 g/mol. The van der Waals surface area contributed by atoms with E-state index in [0.29, 0.717) is 5.69 Å². The molecular formula is C20H17N3O3S. The Hall–Kier alpha value is -3.19. The van der Waals surface area contributed by atoms with Gasteiger partial charge in [-0.3, -0.25) is 15.1 Å². The highest BCUT2D eigenvalue weighted by Gasteiger charge is 2.22. The van der Waals surface area contributed by atoms with Gasteiger partial charge >= 0.3 is 6.09 Å². The average molecular weight is 379 g/mol. The third kappa shape index (κ3) is 3.41. The number of carboxylic acid groups (broad SMARTS) is 1. The summed E-state index contributed by atoms with van der Waals surface area (Å²) in [5.74, 6) is 0.0616. The van der Waals surface area contributed by atoms with Crippen LogP contribution in [-0.2, 0) is 6.42 Å². The second-order valence-electron chi connectivity index (χ2n) is 6.40. The van der Waals surface area contributed by atoms with Gasteiger partial charge in [-0.15, -0.1) is 11.3 Å². The van der Waals surface area contributed by atoms with Gasteiger partial charge in [0, 0.05) is 40.7 Å². The summed E-state index contributed by atoms with van der Waals surface area (Å²) < 4.78 is 0. The van der Waals surface area contributed by atoms with Crippen molar-refractivity contribution in [3.8, 4) is 20.9 Å². The minimum atomic E-state index is -1.12.